The number of ether oxygens (including phenoxy) is 1. The number of hydrogen-bond acceptors (Lipinski definition) is 5. The molecular weight excluding hydrogens is 392 g/mol. The second kappa shape index (κ2) is 9.41. The average molecular weight is 421 g/mol. The fourth-order valence-electron chi connectivity index (χ4n) is 4.06. The highest BCUT2D eigenvalue weighted by atomic mass is 16.5. The highest BCUT2D eigenvalue weighted by Crippen LogP contribution is 2.19. The van der Waals surface area contributed by atoms with Crippen molar-refractivity contribution in [2.24, 2.45) is 7.05 Å². The van der Waals surface area contributed by atoms with E-state index in [1.807, 2.05) is 41.3 Å². The molecule has 0 radical (unpaired) electrons. The quantitative estimate of drug-likeness (QED) is 0.612. The number of carbonyl (C=O) groups excluding carboxylic acids is 1. The van der Waals surface area contributed by atoms with E-state index in [2.05, 4.69) is 16.9 Å². The number of benzene rings is 2. The largest absolute Gasteiger partial charge is 0.379 e. The van der Waals surface area contributed by atoms with Crippen molar-refractivity contribution in [2.75, 3.05) is 32.8 Å². The Hall–Kier alpha value is -3.03. The molecule has 0 N–H and O–H groups in total. The summed E-state index contributed by atoms with van der Waals surface area (Å²) >= 11 is 0. The van der Waals surface area contributed by atoms with Crippen molar-refractivity contribution < 1.29 is 9.53 Å². The Balaban J connectivity index is 1.70. The van der Waals surface area contributed by atoms with Gasteiger partial charge in [-0.3, -0.25) is 14.5 Å². The van der Waals surface area contributed by atoms with Crippen LogP contribution in [0.25, 0.3) is 10.8 Å². The van der Waals surface area contributed by atoms with E-state index in [1.165, 1.54) is 4.68 Å². The zero-order chi connectivity index (χ0) is 21.8. The van der Waals surface area contributed by atoms with Crippen molar-refractivity contribution in [2.45, 2.75) is 19.5 Å². The number of carbonyl (C=O) groups is 1. The van der Waals surface area contributed by atoms with Crippen LogP contribution in [0.2, 0.25) is 0 Å². The van der Waals surface area contributed by atoms with Crippen molar-refractivity contribution in [3.8, 4) is 0 Å². The maximum Gasteiger partial charge on any atom is 0.275 e. The first-order valence-electron chi connectivity index (χ1n) is 10.7. The second-order valence-electron chi connectivity index (χ2n) is 8.00. The van der Waals surface area contributed by atoms with E-state index in [9.17, 15) is 9.59 Å². The number of aromatic nitrogens is 2. The Bertz CT molecular complexity index is 1110. The lowest BCUT2D eigenvalue weighted by Gasteiger charge is -2.35. The summed E-state index contributed by atoms with van der Waals surface area (Å²) in [7, 11) is 1.59. The lowest BCUT2D eigenvalue weighted by molar-refractivity contribution is 0.0227. The highest BCUT2D eigenvalue weighted by Gasteiger charge is 2.27. The van der Waals surface area contributed by atoms with Crippen LogP contribution < -0.4 is 5.56 Å². The highest BCUT2D eigenvalue weighted by molar-refractivity contribution is 6.04. The van der Waals surface area contributed by atoms with Gasteiger partial charge in [0.05, 0.1) is 18.6 Å². The minimum absolute atomic E-state index is 0.0383. The van der Waals surface area contributed by atoms with Crippen molar-refractivity contribution in [3.05, 3.63) is 76.2 Å². The van der Waals surface area contributed by atoms with E-state index in [4.69, 9.17) is 4.74 Å². The van der Waals surface area contributed by atoms with Crippen LogP contribution in [0.1, 0.15) is 23.0 Å². The lowest BCUT2D eigenvalue weighted by atomic mass is 10.1. The summed E-state index contributed by atoms with van der Waals surface area (Å²) in [4.78, 5) is 30.5. The third-order valence-corrected chi connectivity index (χ3v) is 5.77. The molecule has 3 aromatic rings. The van der Waals surface area contributed by atoms with Crippen molar-refractivity contribution in [1.82, 2.24) is 19.6 Å². The molecule has 0 bridgehead atoms. The molecule has 7 nitrogen and oxygen atoms in total. The minimum atomic E-state index is -0.205. The van der Waals surface area contributed by atoms with Gasteiger partial charge in [0.1, 0.15) is 0 Å². The van der Waals surface area contributed by atoms with E-state index in [0.29, 0.717) is 36.2 Å². The number of fused-ring (bicyclic) bond motifs is 1. The lowest BCUT2D eigenvalue weighted by Crippen LogP contribution is -2.48. The number of amides is 1. The van der Waals surface area contributed by atoms with Crippen molar-refractivity contribution in [1.29, 1.82) is 0 Å². The van der Waals surface area contributed by atoms with Gasteiger partial charge in [-0.15, -0.1) is 0 Å². The molecule has 1 fully saturated rings. The smallest absolute Gasteiger partial charge is 0.275 e. The summed E-state index contributed by atoms with van der Waals surface area (Å²) in [5, 5.41) is 5.47. The van der Waals surface area contributed by atoms with E-state index in [0.717, 1.165) is 25.2 Å². The first-order valence-corrected chi connectivity index (χ1v) is 10.7. The van der Waals surface area contributed by atoms with Crippen molar-refractivity contribution >= 4 is 16.7 Å². The molecule has 0 aliphatic carbocycles. The maximum absolute atomic E-state index is 13.8. The molecule has 2 heterocycles. The van der Waals surface area contributed by atoms with Gasteiger partial charge in [0, 0.05) is 44.7 Å². The third kappa shape index (κ3) is 4.68. The van der Waals surface area contributed by atoms with E-state index >= 15 is 0 Å². The Labute approximate surface area is 181 Å². The number of nitrogens with zero attached hydrogens (tertiary/aromatic N) is 4. The van der Waals surface area contributed by atoms with Crippen LogP contribution in [0.3, 0.4) is 0 Å². The summed E-state index contributed by atoms with van der Waals surface area (Å²) in [6.07, 6.45) is 0. The summed E-state index contributed by atoms with van der Waals surface area (Å²) < 4.78 is 6.72. The molecule has 7 heteroatoms. The molecule has 1 amide bonds. The van der Waals surface area contributed by atoms with Crippen LogP contribution in [0, 0.1) is 0 Å². The molecule has 1 atom stereocenters. The Kier molecular flexibility index (Phi) is 6.44. The van der Waals surface area contributed by atoms with Gasteiger partial charge in [-0.05, 0) is 18.6 Å². The molecule has 1 aliphatic rings. The summed E-state index contributed by atoms with van der Waals surface area (Å²) in [5.74, 6) is -0.170. The number of morpholine rings is 1. The molecule has 1 saturated heterocycles. The molecule has 2 aromatic carbocycles. The first-order chi connectivity index (χ1) is 15.0. The van der Waals surface area contributed by atoms with E-state index < -0.39 is 0 Å². The van der Waals surface area contributed by atoms with Crippen LogP contribution in [0.5, 0.6) is 0 Å². The summed E-state index contributed by atoms with van der Waals surface area (Å²) in [5.41, 5.74) is 1.16. The number of hydrogen-bond donors (Lipinski definition) is 0. The first kappa shape index (κ1) is 21.2. The Morgan fingerprint density at radius 2 is 1.71 bits per heavy atom. The van der Waals surface area contributed by atoms with Crippen LogP contribution in [0.15, 0.2) is 59.4 Å². The van der Waals surface area contributed by atoms with Crippen LogP contribution in [0.4, 0.5) is 0 Å². The Morgan fingerprint density at radius 3 is 2.42 bits per heavy atom. The van der Waals surface area contributed by atoms with Gasteiger partial charge in [0.25, 0.3) is 11.5 Å². The molecule has 31 heavy (non-hydrogen) atoms. The predicted octanol–water partition coefficient (Wildman–Crippen LogP) is 2.30. The fourth-order valence-corrected chi connectivity index (χ4v) is 4.06. The Morgan fingerprint density at radius 1 is 1.06 bits per heavy atom. The van der Waals surface area contributed by atoms with Gasteiger partial charge in [0.2, 0.25) is 0 Å². The summed E-state index contributed by atoms with van der Waals surface area (Å²) in [6, 6.07) is 17.1. The summed E-state index contributed by atoms with van der Waals surface area (Å²) in [6.45, 7) is 6.45. The molecular formula is C24H28N4O3. The molecule has 1 aliphatic heterocycles. The van der Waals surface area contributed by atoms with Crippen LogP contribution in [-0.2, 0) is 18.3 Å². The van der Waals surface area contributed by atoms with Gasteiger partial charge in [-0.2, -0.15) is 5.10 Å². The third-order valence-electron chi connectivity index (χ3n) is 5.77. The van der Waals surface area contributed by atoms with Crippen LogP contribution >= 0.6 is 0 Å². The standard InChI is InChI=1S/C24H28N4O3/c1-18(16-27-12-14-31-15-13-27)28(17-19-8-4-3-5-9-19)24(30)22-20-10-6-7-11-21(20)23(29)26(2)25-22/h3-11,18H,12-17H2,1-2H3. The molecule has 162 valence electrons. The normalized spacial score (nSPS) is 15.7. The van der Waals surface area contributed by atoms with Crippen LogP contribution in [-0.4, -0.2) is 64.4 Å². The van der Waals surface area contributed by atoms with Gasteiger partial charge >= 0.3 is 0 Å². The monoisotopic (exact) mass is 420 g/mol. The predicted molar refractivity (Wildman–Crippen MR) is 120 cm³/mol. The van der Waals surface area contributed by atoms with Gasteiger partial charge in [-0.25, -0.2) is 4.68 Å². The maximum atomic E-state index is 13.8. The van der Waals surface area contributed by atoms with Gasteiger partial charge in [-0.1, -0.05) is 48.5 Å². The van der Waals surface area contributed by atoms with Gasteiger partial charge in [0.15, 0.2) is 5.69 Å². The van der Waals surface area contributed by atoms with Gasteiger partial charge < -0.3 is 9.64 Å². The van der Waals surface area contributed by atoms with E-state index in [-0.39, 0.29) is 17.5 Å². The second-order valence-corrected chi connectivity index (χ2v) is 8.00. The molecule has 4 rings (SSSR count). The fraction of sp³-hybridized carbons (Fsp3) is 0.375. The molecule has 1 aromatic heterocycles. The SMILES string of the molecule is CC(CN1CCOCC1)N(Cc1ccccc1)C(=O)c1nn(C)c(=O)c2ccccc12. The molecule has 0 spiro atoms. The van der Waals surface area contributed by atoms with Crippen molar-refractivity contribution in [3.63, 3.8) is 0 Å². The number of aryl methyl sites for hydroxylation is 1. The zero-order valence-corrected chi connectivity index (χ0v) is 18.0. The van der Waals surface area contributed by atoms with E-state index in [1.54, 1.807) is 25.2 Å². The molecule has 1 unspecified atom stereocenters. The average Bonchev–Trinajstić information content (AvgIpc) is 2.81. The minimum Gasteiger partial charge on any atom is -0.379 e. The number of rotatable bonds is 6. The zero-order valence-electron chi connectivity index (χ0n) is 18.0. The topological polar surface area (TPSA) is 67.7 Å². The molecule has 0 saturated carbocycles.